The summed E-state index contributed by atoms with van der Waals surface area (Å²) in [4.78, 5) is 26.1. The van der Waals surface area contributed by atoms with E-state index < -0.39 is 15.9 Å². The first-order valence-corrected chi connectivity index (χ1v) is 11.6. The lowest BCUT2D eigenvalue weighted by Gasteiger charge is -2.17. The van der Waals surface area contributed by atoms with Crippen molar-refractivity contribution in [1.29, 1.82) is 0 Å². The lowest BCUT2D eigenvalue weighted by molar-refractivity contribution is -0.117. The minimum atomic E-state index is -3.88. The highest BCUT2D eigenvalue weighted by atomic mass is 32.2. The summed E-state index contributed by atoms with van der Waals surface area (Å²) in [5.41, 5.74) is 1.64. The lowest BCUT2D eigenvalue weighted by Crippen LogP contribution is -2.31. The van der Waals surface area contributed by atoms with Crippen molar-refractivity contribution < 1.29 is 22.7 Å². The van der Waals surface area contributed by atoms with E-state index in [4.69, 9.17) is 4.74 Å². The molecule has 1 heterocycles. The molecule has 2 aromatic rings. The number of carbonyl (C=O) groups excluding carboxylic acids is 2. The van der Waals surface area contributed by atoms with Crippen LogP contribution in [0.3, 0.4) is 0 Å². The summed E-state index contributed by atoms with van der Waals surface area (Å²) in [5, 5.41) is 2.74. The molecule has 1 aliphatic rings. The molecule has 0 bridgehead atoms. The molecule has 1 aliphatic heterocycles. The number of hydrogen-bond donors (Lipinski definition) is 2. The average molecular weight is 446 g/mol. The van der Waals surface area contributed by atoms with Crippen LogP contribution in [0.25, 0.3) is 0 Å². The Morgan fingerprint density at radius 1 is 1.19 bits per heavy atom. The van der Waals surface area contributed by atoms with Gasteiger partial charge >= 0.3 is 0 Å². The molecule has 0 aromatic heterocycles. The molecule has 2 aromatic carbocycles. The predicted octanol–water partition coefficient (Wildman–Crippen LogP) is 2.44. The molecule has 166 valence electrons. The van der Waals surface area contributed by atoms with Gasteiger partial charge < -0.3 is 15.0 Å². The fraction of sp³-hybridized carbons (Fsp3) is 0.364. The van der Waals surface area contributed by atoms with Crippen molar-refractivity contribution in [3.63, 3.8) is 0 Å². The van der Waals surface area contributed by atoms with Gasteiger partial charge in [-0.2, -0.15) is 0 Å². The molecule has 2 amide bonds. The van der Waals surface area contributed by atoms with Crippen LogP contribution < -0.4 is 19.7 Å². The van der Waals surface area contributed by atoms with Crippen LogP contribution in [-0.2, 0) is 21.4 Å². The van der Waals surface area contributed by atoms with E-state index >= 15 is 0 Å². The van der Waals surface area contributed by atoms with Crippen LogP contribution in [0.4, 0.5) is 5.69 Å². The van der Waals surface area contributed by atoms with E-state index in [9.17, 15) is 18.0 Å². The van der Waals surface area contributed by atoms with Crippen LogP contribution >= 0.6 is 0 Å². The van der Waals surface area contributed by atoms with E-state index in [-0.39, 0.29) is 29.0 Å². The normalized spacial score (nSPS) is 14.2. The molecular weight excluding hydrogens is 418 g/mol. The van der Waals surface area contributed by atoms with Crippen molar-refractivity contribution in [3.05, 3.63) is 53.6 Å². The van der Waals surface area contributed by atoms with Gasteiger partial charge in [0.05, 0.1) is 17.6 Å². The zero-order valence-electron chi connectivity index (χ0n) is 17.8. The fourth-order valence-electron chi connectivity index (χ4n) is 3.39. The molecule has 2 N–H and O–H groups in total. The predicted molar refractivity (Wildman–Crippen MR) is 118 cm³/mol. The number of nitrogens with one attached hydrogen (secondary N) is 2. The van der Waals surface area contributed by atoms with E-state index in [1.54, 1.807) is 23.1 Å². The summed E-state index contributed by atoms with van der Waals surface area (Å²) in [6.45, 7) is 4.35. The molecule has 0 atom stereocenters. The second-order valence-corrected chi connectivity index (χ2v) is 9.40. The Hall–Kier alpha value is -2.91. The number of sulfonamides is 1. The zero-order valence-corrected chi connectivity index (χ0v) is 18.7. The average Bonchev–Trinajstić information content (AvgIpc) is 3.17. The third-order valence-electron chi connectivity index (χ3n) is 4.91. The topological polar surface area (TPSA) is 105 Å². The van der Waals surface area contributed by atoms with E-state index in [0.29, 0.717) is 18.7 Å². The highest BCUT2D eigenvalue weighted by Crippen LogP contribution is 2.24. The van der Waals surface area contributed by atoms with Crippen molar-refractivity contribution >= 4 is 27.5 Å². The molecule has 3 rings (SSSR count). The Balaban J connectivity index is 1.78. The van der Waals surface area contributed by atoms with E-state index in [1.807, 2.05) is 19.9 Å². The third-order valence-corrected chi connectivity index (χ3v) is 6.31. The number of anilines is 1. The molecule has 0 aliphatic carbocycles. The van der Waals surface area contributed by atoms with Crippen LogP contribution in [0.15, 0.2) is 47.4 Å². The van der Waals surface area contributed by atoms with Crippen LogP contribution in [-0.4, -0.2) is 39.9 Å². The Morgan fingerprint density at radius 2 is 1.97 bits per heavy atom. The van der Waals surface area contributed by atoms with Crippen LogP contribution in [0.2, 0.25) is 0 Å². The van der Waals surface area contributed by atoms with Gasteiger partial charge in [0.15, 0.2) is 0 Å². The van der Waals surface area contributed by atoms with Gasteiger partial charge in [-0.25, -0.2) is 13.1 Å². The van der Waals surface area contributed by atoms with Crippen LogP contribution in [0.1, 0.15) is 42.6 Å². The van der Waals surface area contributed by atoms with Crippen molar-refractivity contribution in [1.82, 2.24) is 10.0 Å². The summed E-state index contributed by atoms with van der Waals surface area (Å²) in [6.07, 6.45) is 1.35. The largest absolute Gasteiger partial charge is 0.496 e. The molecule has 1 fully saturated rings. The number of benzene rings is 2. The summed E-state index contributed by atoms with van der Waals surface area (Å²) in [7, 11) is -2.45. The summed E-state index contributed by atoms with van der Waals surface area (Å²) in [6, 6.07) is 11.3. The molecule has 9 heteroatoms. The highest BCUT2D eigenvalue weighted by molar-refractivity contribution is 7.89. The zero-order chi connectivity index (χ0) is 22.6. The Labute approximate surface area is 182 Å². The molecule has 0 saturated carbocycles. The SMILES string of the molecule is COc1ccc(S(=O)(=O)NCc2cccc(N3CCCC3=O)c2)cc1C(=O)NC(C)C. The minimum absolute atomic E-state index is 0.0342. The van der Waals surface area contributed by atoms with E-state index in [1.165, 1.54) is 25.3 Å². The first-order chi connectivity index (χ1) is 14.7. The number of hydrogen-bond acceptors (Lipinski definition) is 5. The standard InChI is InChI=1S/C22H27N3O5S/c1-15(2)24-22(27)19-13-18(9-10-20(19)30-3)31(28,29)23-14-16-6-4-7-17(12-16)25-11-5-8-21(25)26/h4,6-7,9-10,12-13,15,23H,5,8,11,14H2,1-3H3,(H,24,27). The summed E-state index contributed by atoms with van der Waals surface area (Å²) in [5.74, 6) is -0.0462. The molecule has 8 nitrogen and oxygen atoms in total. The van der Waals surface area contributed by atoms with Crippen molar-refractivity contribution in [2.24, 2.45) is 0 Å². The summed E-state index contributed by atoms with van der Waals surface area (Å²) < 4.78 is 33.5. The minimum Gasteiger partial charge on any atom is -0.496 e. The first kappa shape index (κ1) is 22.8. The Morgan fingerprint density at radius 3 is 2.61 bits per heavy atom. The van der Waals surface area contributed by atoms with Crippen LogP contribution in [0, 0.1) is 0 Å². The monoisotopic (exact) mass is 445 g/mol. The molecule has 0 spiro atoms. The molecule has 0 unspecified atom stereocenters. The number of methoxy groups -OCH3 is 1. The first-order valence-electron chi connectivity index (χ1n) is 10.1. The number of nitrogens with zero attached hydrogens (tertiary/aromatic N) is 1. The fourth-order valence-corrected chi connectivity index (χ4v) is 4.43. The molecule has 0 radical (unpaired) electrons. The van der Waals surface area contributed by atoms with Gasteiger partial charge in [-0.1, -0.05) is 12.1 Å². The summed E-state index contributed by atoms with van der Waals surface area (Å²) >= 11 is 0. The molecule has 31 heavy (non-hydrogen) atoms. The van der Waals surface area contributed by atoms with Crippen molar-refractivity contribution in [3.8, 4) is 5.75 Å². The van der Waals surface area contributed by atoms with Crippen molar-refractivity contribution in [2.45, 2.75) is 44.2 Å². The third kappa shape index (κ3) is 5.42. The smallest absolute Gasteiger partial charge is 0.255 e. The molecular formula is C22H27N3O5S. The van der Waals surface area contributed by atoms with Gasteiger partial charge in [0.1, 0.15) is 5.75 Å². The Kier molecular flexibility index (Phi) is 6.97. The Bertz CT molecular complexity index is 1080. The number of amides is 2. The van der Waals surface area contributed by atoms with Gasteiger partial charge in [-0.05, 0) is 56.2 Å². The molecule has 1 saturated heterocycles. The number of carbonyl (C=O) groups is 2. The van der Waals surface area contributed by atoms with Gasteiger partial charge in [-0.15, -0.1) is 0 Å². The van der Waals surface area contributed by atoms with E-state index in [2.05, 4.69) is 10.0 Å². The maximum atomic E-state index is 12.8. The van der Waals surface area contributed by atoms with Crippen molar-refractivity contribution in [2.75, 3.05) is 18.6 Å². The maximum absolute atomic E-state index is 12.8. The van der Waals surface area contributed by atoms with Gasteiger partial charge in [0.25, 0.3) is 5.91 Å². The number of ether oxygens (including phenoxy) is 1. The number of rotatable bonds is 8. The van der Waals surface area contributed by atoms with E-state index in [0.717, 1.165) is 17.7 Å². The lowest BCUT2D eigenvalue weighted by atomic mass is 10.2. The second-order valence-electron chi connectivity index (χ2n) is 7.63. The maximum Gasteiger partial charge on any atom is 0.255 e. The van der Waals surface area contributed by atoms with Crippen LogP contribution in [0.5, 0.6) is 5.75 Å². The second kappa shape index (κ2) is 9.49. The van der Waals surface area contributed by atoms with Gasteiger partial charge in [-0.3, -0.25) is 9.59 Å². The highest BCUT2D eigenvalue weighted by Gasteiger charge is 2.23. The van der Waals surface area contributed by atoms with Gasteiger partial charge in [0.2, 0.25) is 15.9 Å². The quantitative estimate of drug-likeness (QED) is 0.649. The van der Waals surface area contributed by atoms with Gasteiger partial charge in [0, 0.05) is 31.2 Å².